The first kappa shape index (κ1) is 24.1. The maximum Gasteiger partial charge on any atom is 0.277 e. The lowest BCUT2D eigenvalue weighted by Crippen LogP contribution is -2.20. The van der Waals surface area contributed by atoms with Crippen LogP contribution in [0.15, 0.2) is 34.9 Å². The number of rotatable bonds is 4. The monoisotopic (exact) mass is 478 g/mol. The van der Waals surface area contributed by atoms with Gasteiger partial charge in [-0.15, -0.1) is 0 Å². The molecule has 35 heavy (non-hydrogen) atoms. The van der Waals surface area contributed by atoms with E-state index < -0.39 is 21.2 Å². The number of nitrogens with zero attached hydrogens (tertiary/aromatic N) is 4. The highest BCUT2D eigenvalue weighted by molar-refractivity contribution is 5.84. The summed E-state index contributed by atoms with van der Waals surface area (Å²) in [6.45, 7) is 13.1. The van der Waals surface area contributed by atoms with Crippen LogP contribution in [0.25, 0.3) is 23.1 Å². The molecule has 0 bridgehead atoms. The Hall–Kier alpha value is -4.08. The van der Waals surface area contributed by atoms with Gasteiger partial charge in [0.15, 0.2) is 0 Å². The molecule has 2 heterocycles. The predicted molar refractivity (Wildman–Crippen MR) is 130 cm³/mol. The van der Waals surface area contributed by atoms with E-state index in [1.807, 2.05) is 6.08 Å². The molecule has 0 radical (unpaired) electrons. The largest absolute Gasteiger partial charge is 0.488 e. The molecule has 0 aliphatic carbocycles. The highest BCUT2D eigenvalue weighted by Gasteiger charge is 2.29. The van der Waals surface area contributed by atoms with E-state index in [2.05, 4.69) is 63.8 Å². The molecule has 2 aromatic carbocycles. The number of fused-ring (bicyclic) bond motifs is 1. The molecule has 1 aliphatic heterocycles. The van der Waals surface area contributed by atoms with Crippen molar-refractivity contribution in [2.24, 2.45) is 0 Å². The van der Waals surface area contributed by atoms with Gasteiger partial charge < -0.3 is 9.26 Å². The zero-order chi connectivity index (χ0) is 25.7. The van der Waals surface area contributed by atoms with E-state index in [9.17, 15) is 20.2 Å². The maximum absolute atomic E-state index is 11.2. The first-order valence-corrected chi connectivity index (χ1v) is 11.0. The van der Waals surface area contributed by atoms with Crippen LogP contribution >= 0.6 is 0 Å². The number of nitro benzene ring substituents is 2. The lowest BCUT2D eigenvalue weighted by atomic mass is 9.78. The van der Waals surface area contributed by atoms with Gasteiger partial charge in [0.1, 0.15) is 12.4 Å². The summed E-state index contributed by atoms with van der Waals surface area (Å²) in [5, 5.41) is 26.4. The summed E-state index contributed by atoms with van der Waals surface area (Å²) >= 11 is 0. The molecule has 0 spiro atoms. The quantitative estimate of drug-likeness (QED) is 0.325. The summed E-state index contributed by atoms with van der Waals surface area (Å²) in [5.74, 6) is 1.00. The number of aromatic nitrogens is 2. The fourth-order valence-corrected chi connectivity index (χ4v) is 3.82. The average Bonchev–Trinajstić information content (AvgIpc) is 3.26. The summed E-state index contributed by atoms with van der Waals surface area (Å²) in [6.07, 6.45) is 1.95. The van der Waals surface area contributed by atoms with E-state index in [0.717, 1.165) is 35.1 Å². The Balaban J connectivity index is 1.78. The zero-order valence-electron chi connectivity index (χ0n) is 20.4. The molecule has 0 fully saturated rings. The Labute approximate surface area is 201 Å². The Bertz CT molecular complexity index is 1340. The molecule has 1 aliphatic rings. The normalized spacial score (nSPS) is 13.6. The minimum absolute atomic E-state index is 0.0580. The van der Waals surface area contributed by atoms with Crippen molar-refractivity contribution < 1.29 is 19.1 Å². The molecule has 0 amide bonds. The third-order valence-corrected chi connectivity index (χ3v) is 5.78. The van der Waals surface area contributed by atoms with Crippen molar-refractivity contribution >= 4 is 23.0 Å². The molecule has 4 rings (SSSR count). The van der Waals surface area contributed by atoms with Crippen LogP contribution in [0.5, 0.6) is 5.75 Å². The van der Waals surface area contributed by atoms with Gasteiger partial charge in [-0.1, -0.05) is 52.8 Å². The van der Waals surface area contributed by atoms with Crippen LogP contribution in [0, 0.1) is 20.2 Å². The van der Waals surface area contributed by atoms with Crippen molar-refractivity contribution in [1.82, 2.24) is 10.1 Å². The van der Waals surface area contributed by atoms with E-state index >= 15 is 0 Å². The van der Waals surface area contributed by atoms with Gasteiger partial charge in [-0.25, -0.2) is 0 Å². The molecule has 0 saturated carbocycles. The minimum Gasteiger partial charge on any atom is -0.488 e. The molecule has 0 unspecified atom stereocenters. The molecule has 10 nitrogen and oxygen atoms in total. The molecule has 182 valence electrons. The fourth-order valence-electron chi connectivity index (χ4n) is 3.82. The summed E-state index contributed by atoms with van der Waals surface area (Å²) in [6, 6.07) is 7.50. The summed E-state index contributed by atoms with van der Waals surface area (Å²) in [4.78, 5) is 25.4. The smallest absolute Gasteiger partial charge is 0.277 e. The summed E-state index contributed by atoms with van der Waals surface area (Å²) < 4.78 is 11.5. The zero-order valence-corrected chi connectivity index (χ0v) is 20.4. The topological polar surface area (TPSA) is 134 Å². The Kier molecular flexibility index (Phi) is 5.70. The molecule has 0 atom stereocenters. The third kappa shape index (κ3) is 4.77. The van der Waals surface area contributed by atoms with E-state index in [1.165, 1.54) is 5.56 Å². The van der Waals surface area contributed by atoms with Gasteiger partial charge in [0.05, 0.1) is 21.5 Å². The fraction of sp³-hybridized carbons (Fsp3) is 0.360. The number of non-ortho nitro benzene ring substituents is 2. The van der Waals surface area contributed by atoms with Crippen LogP contribution in [0.4, 0.5) is 11.4 Å². The van der Waals surface area contributed by atoms with Crippen molar-refractivity contribution in [2.75, 3.05) is 6.61 Å². The van der Waals surface area contributed by atoms with Gasteiger partial charge in [-0.2, -0.15) is 4.98 Å². The number of hydrogen-bond donors (Lipinski definition) is 0. The first-order valence-electron chi connectivity index (χ1n) is 11.0. The van der Waals surface area contributed by atoms with Gasteiger partial charge in [-0.05, 0) is 28.5 Å². The second-order valence-corrected chi connectivity index (χ2v) is 10.6. The lowest BCUT2D eigenvalue weighted by molar-refractivity contribution is -0.394. The van der Waals surface area contributed by atoms with Gasteiger partial charge in [-0.3, -0.25) is 20.2 Å². The van der Waals surface area contributed by atoms with Crippen molar-refractivity contribution in [2.45, 2.75) is 52.4 Å². The van der Waals surface area contributed by atoms with Gasteiger partial charge in [0.2, 0.25) is 5.82 Å². The maximum atomic E-state index is 11.2. The molecular weight excluding hydrogens is 452 g/mol. The standard InChI is InChI=1S/C25H26N4O6/c1-24(2,3)17-8-14-7-16(13-34-21(14)20(11-17)25(4,5)6)22-26-23(35-27-22)15-9-18(28(30)31)12-19(10-15)29(32)33/h7-12H,13H2,1-6H3. The van der Waals surface area contributed by atoms with E-state index in [0.29, 0.717) is 5.57 Å². The third-order valence-electron chi connectivity index (χ3n) is 5.78. The SMILES string of the molecule is CC(C)(C)c1cc2c(c(C(C)(C)C)c1)OCC(c1noc(-c3cc([N+](=O)[O-])cc([N+](=O)[O-])c3)n1)=C2. The van der Waals surface area contributed by atoms with Crippen LogP contribution in [0.3, 0.4) is 0 Å². The summed E-state index contributed by atoms with van der Waals surface area (Å²) in [7, 11) is 0. The van der Waals surface area contributed by atoms with Crippen LogP contribution in [-0.2, 0) is 10.8 Å². The van der Waals surface area contributed by atoms with E-state index in [-0.39, 0.29) is 34.7 Å². The molecule has 1 aromatic heterocycles. The second kappa shape index (κ2) is 8.30. The molecular formula is C25H26N4O6. The predicted octanol–water partition coefficient (Wildman–Crippen LogP) is 6.08. The molecule has 10 heteroatoms. The van der Waals surface area contributed by atoms with Gasteiger partial charge in [0.25, 0.3) is 17.3 Å². The van der Waals surface area contributed by atoms with Crippen molar-refractivity contribution in [1.29, 1.82) is 0 Å². The molecule has 0 saturated heterocycles. The highest BCUT2D eigenvalue weighted by Crippen LogP contribution is 2.42. The number of benzene rings is 2. The highest BCUT2D eigenvalue weighted by atomic mass is 16.6. The number of hydrogen-bond acceptors (Lipinski definition) is 8. The average molecular weight is 479 g/mol. The summed E-state index contributed by atoms with van der Waals surface area (Å²) in [5.41, 5.74) is 2.85. The van der Waals surface area contributed by atoms with E-state index in [1.54, 1.807) is 0 Å². The molecule has 0 N–H and O–H groups in total. The number of nitro groups is 2. The van der Waals surface area contributed by atoms with Crippen LogP contribution in [0.2, 0.25) is 0 Å². The van der Waals surface area contributed by atoms with Gasteiger partial charge in [0, 0.05) is 28.8 Å². The second-order valence-electron chi connectivity index (χ2n) is 10.6. The Morgan fingerprint density at radius 2 is 1.51 bits per heavy atom. The lowest BCUT2D eigenvalue weighted by Gasteiger charge is -2.30. The van der Waals surface area contributed by atoms with Gasteiger partial charge >= 0.3 is 0 Å². The number of ether oxygens (including phenoxy) is 1. The minimum atomic E-state index is -0.707. The van der Waals surface area contributed by atoms with Crippen molar-refractivity contribution in [3.63, 3.8) is 0 Å². The van der Waals surface area contributed by atoms with Crippen LogP contribution in [0.1, 0.15) is 64.1 Å². The van der Waals surface area contributed by atoms with Crippen molar-refractivity contribution in [3.05, 3.63) is 73.1 Å². The van der Waals surface area contributed by atoms with E-state index in [4.69, 9.17) is 9.26 Å². The Morgan fingerprint density at radius 3 is 2.06 bits per heavy atom. The Morgan fingerprint density at radius 1 is 0.886 bits per heavy atom. The molecule has 3 aromatic rings. The van der Waals surface area contributed by atoms with Crippen LogP contribution in [-0.4, -0.2) is 26.6 Å². The van der Waals surface area contributed by atoms with Crippen molar-refractivity contribution in [3.8, 4) is 17.2 Å². The first-order chi connectivity index (χ1) is 16.2. The van der Waals surface area contributed by atoms with Crippen LogP contribution < -0.4 is 4.74 Å².